The van der Waals surface area contributed by atoms with Gasteiger partial charge in [-0.1, -0.05) is 26.5 Å². The van der Waals surface area contributed by atoms with Crippen molar-refractivity contribution in [1.82, 2.24) is 4.90 Å². The van der Waals surface area contributed by atoms with Crippen LogP contribution in [0.2, 0.25) is 0 Å². The summed E-state index contributed by atoms with van der Waals surface area (Å²) in [7, 11) is 0. The van der Waals surface area contributed by atoms with Crippen molar-refractivity contribution in [3.8, 4) is 0 Å². The lowest BCUT2D eigenvalue weighted by Crippen LogP contribution is -2.34. The molecule has 0 saturated heterocycles. The molecule has 2 nitrogen and oxygen atoms in total. The zero-order valence-corrected chi connectivity index (χ0v) is 10.8. The Hall–Kier alpha value is -1.05. The minimum atomic E-state index is 0.0850. The van der Waals surface area contributed by atoms with Gasteiger partial charge in [-0.05, 0) is 38.5 Å². The van der Waals surface area contributed by atoms with Crippen molar-refractivity contribution < 1.29 is 4.79 Å². The van der Waals surface area contributed by atoms with Gasteiger partial charge in [-0.3, -0.25) is 4.79 Å². The van der Waals surface area contributed by atoms with Crippen LogP contribution in [0.15, 0.2) is 23.9 Å². The third-order valence-electron chi connectivity index (χ3n) is 2.77. The maximum absolute atomic E-state index is 12.1. The molecule has 90 valence electrons. The predicted molar refractivity (Wildman–Crippen MR) is 67.9 cm³/mol. The summed E-state index contributed by atoms with van der Waals surface area (Å²) in [6.45, 7) is 10.6. The van der Waals surface area contributed by atoms with Crippen molar-refractivity contribution in [2.75, 3.05) is 6.54 Å². The molecule has 0 radical (unpaired) electrons. The minimum Gasteiger partial charge on any atom is -0.313 e. The molecule has 1 aliphatic rings. The van der Waals surface area contributed by atoms with Gasteiger partial charge in [-0.2, -0.15) is 0 Å². The van der Waals surface area contributed by atoms with Gasteiger partial charge < -0.3 is 4.90 Å². The first-order chi connectivity index (χ1) is 7.52. The minimum absolute atomic E-state index is 0.0850. The highest BCUT2D eigenvalue weighted by Gasteiger charge is 2.20. The van der Waals surface area contributed by atoms with Crippen LogP contribution < -0.4 is 0 Å². The van der Waals surface area contributed by atoms with Crippen LogP contribution >= 0.6 is 0 Å². The molecule has 1 amide bonds. The summed E-state index contributed by atoms with van der Waals surface area (Å²) in [6, 6.07) is 0. The second-order valence-electron chi connectivity index (χ2n) is 5.03. The molecule has 0 fully saturated rings. The summed E-state index contributed by atoms with van der Waals surface area (Å²) in [5.41, 5.74) is 1.83. The summed E-state index contributed by atoms with van der Waals surface area (Å²) in [6.07, 6.45) is 6.80. The Labute approximate surface area is 99.0 Å². The highest BCUT2D eigenvalue weighted by Crippen LogP contribution is 2.23. The summed E-state index contributed by atoms with van der Waals surface area (Å²) in [5.74, 6) is 0.577. The van der Waals surface area contributed by atoms with E-state index >= 15 is 0 Å². The number of hydrogen-bond donors (Lipinski definition) is 0. The Morgan fingerprint density at radius 3 is 2.62 bits per heavy atom. The Morgan fingerprint density at radius 1 is 1.50 bits per heavy atom. The first-order valence-corrected chi connectivity index (χ1v) is 6.18. The maximum Gasteiger partial charge on any atom is 0.253 e. The van der Waals surface area contributed by atoms with E-state index < -0.39 is 0 Å². The van der Waals surface area contributed by atoms with E-state index in [9.17, 15) is 4.79 Å². The van der Waals surface area contributed by atoms with Crippen molar-refractivity contribution in [3.63, 3.8) is 0 Å². The smallest absolute Gasteiger partial charge is 0.253 e. The van der Waals surface area contributed by atoms with Gasteiger partial charge in [0.1, 0.15) is 0 Å². The van der Waals surface area contributed by atoms with Gasteiger partial charge in [0.05, 0.1) is 0 Å². The van der Waals surface area contributed by atoms with Crippen molar-refractivity contribution in [1.29, 1.82) is 0 Å². The maximum atomic E-state index is 12.1. The first kappa shape index (κ1) is 13.0. The molecule has 0 aromatic heterocycles. The zero-order chi connectivity index (χ0) is 12.1. The van der Waals surface area contributed by atoms with Crippen LogP contribution in [0.1, 0.15) is 46.5 Å². The SMILES string of the molecule is C=C(C)C(=O)N(CC(C)C)C1=CCCCC1. The van der Waals surface area contributed by atoms with Crippen LogP contribution in [-0.4, -0.2) is 17.4 Å². The lowest BCUT2D eigenvalue weighted by Gasteiger charge is -2.29. The topological polar surface area (TPSA) is 20.3 Å². The molecular formula is C14H23NO. The summed E-state index contributed by atoms with van der Waals surface area (Å²) in [4.78, 5) is 14.0. The molecule has 0 N–H and O–H groups in total. The second-order valence-corrected chi connectivity index (χ2v) is 5.03. The van der Waals surface area contributed by atoms with E-state index in [2.05, 4.69) is 26.5 Å². The monoisotopic (exact) mass is 221 g/mol. The fraction of sp³-hybridized carbons (Fsp3) is 0.643. The molecule has 0 atom stereocenters. The number of hydrogen-bond acceptors (Lipinski definition) is 1. The summed E-state index contributed by atoms with van der Waals surface area (Å²) >= 11 is 0. The lowest BCUT2D eigenvalue weighted by atomic mass is 10.0. The van der Waals surface area contributed by atoms with Crippen molar-refractivity contribution in [2.45, 2.75) is 46.5 Å². The van der Waals surface area contributed by atoms with Crippen LogP contribution in [0.4, 0.5) is 0 Å². The molecule has 0 bridgehead atoms. The number of carbonyl (C=O) groups is 1. The fourth-order valence-corrected chi connectivity index (χ4v) is 1.99. The summed E-state index contributed by atoms with van der Waals surface area (Å²) in [5, 5.41) is 0. The number of amides is 1. The van der Waals surface area contributed by atoms with Gasteiger partial charge >= 0.3 is 0 Å². The van der Waals surface area contributed by atoms with Crippen LogP contribution in [0.25, 0.3) is 0 Å². The predicted octanol–water partition coefficient (Wildman–Crippen LogP) is 3.51. The van der Waals surface area contributed by atoms with Gasteiger partial charge in [-0.25, -0.2) is 0 Å². The molecule has 0 saturated carbocycles. The first-order valence-electron chi connectivity index (χ1n) is 6.18. The number of allylic oxidation sites excluding steroid dienone is 2. The van der Waals surface area contributed by atoms with Crippen molar-refractivity contribution >= 4 is 5.91 Å². The Morgan fingerprint density at radius 2 is 2.19 bits per heavy atom. The largest absolute Gasteiger partial charge is 0.313 e. The van der Waals surface area contributed by atoms with E-state index in [1.54, 1.807) is 6.92 Å². The molecule has 16 heavy (non-hydrogen) atoms. The van der Waals surface area contributed by atoms with E-state index in [-0.39, 0.29) is 5.91 Å². The Kier molecular flexibility index (Phi) is 4.78. The summed E-state index contributed by atoms with van der Waals surface area (Å²) < 4.78 is 0. The van der Waals surface area contributed by atoms with E-state index in [1.165, 1.54) is 18.5 Å². The molecule has 0 aliphatic heterocycles. The van der Waals surface area contributed by atoms with Crippen LogP contribution in [-0.2, 0) is 4.79 Å². The van der Waals surface area contributed by atoms with Gasteiger partial charge in [0.25, 0.3) is 5.91 Å². The average molecular weight is 221 g/mol. The van der Waals surface area contributed by atoms with Crippen LogP contribution in [0.5, 0.6) is 0 Å². The molecular weight excluding hydrogens is 198 g/mol. The number of carbonyl (C=O) groups excluding carboxylic acids is 1. The van der Waals surface area contributed by atoms with Gasteiger partial charge in [0, 0.05) is 17.8 Å². The zero-order valence-electron chi connectivity index (χ0n) is 10.8. The Balaban J connectivity index is 2.81. The highest BCUT2D eigenvalue weighted by molar-refractivity contribution is 5.93. The van der Waals surface area contributed by atoms with Gasteiger partial charge in [0.2, 0.25) is 0 Å². The second kappa shape index (κ2) is 5.88. The molecule has 0 unspecified atom stereocenters. The molecule has 0 heterocycles. The van der Waals surface area contributed by atoms with Gasteiger partial charge in [-0.15, -0.1) is 0 Å². The number of nitrogens with zero attached hydrogens (tertiary/aromatic N) is 1. The standard InChI is InChI=1S/C14H23NO/c1-11(2)10-15(14(16)12(3)4)13-8-6-5-7-9-13/h8,11H,3,5-7,9-10H2,1-2,4H3. The van der Waals surface area contributed by atoms with E-state index in [0.29, 0.717) is 11.5 Å². The fourth-order valence-electron chi connectivity index (χ4n) is 1.99. The molecule has 0 spiro atoms. The van der Waals surface area contributed by atoms with E-state index in [0.717, 1.165) is 19.4 Å². The van der Waals surface area contributed by atoms with Crippen LogP contribution in [0.3, 0.4) is 0 Å². The van der Waals surface area contributed by atoms with E-state index in [4.69, 9.17) is 0 Å². The third kappa shape index (κ3) is 3.51. The molecule has 0 aromatic carbocycles. The Bertz CT molecular complexity index is 302. The average Bonchev–Trinajstić information content (AvgIpc) is 2.26. The van der Waals surface area contributed by atoms with Crippen molar-refractivity contribution in [2.24, 2.45) is 5.92 Å². The van der Waals surface area contributed by atoms with Gasteiger partial charge in [0.15, 0.2) is 0 Å². The van der Waals surface area contributed by atoms with Crippen LogP contribution in [0, 0.1) is 5.92 Å². The lowest BCUT2D eigenvalue weighted by molar-refractivity contribution is -0.125. The van der Waals surface area contributed by atoms with E-state index in [1.807, 2.05) is 4.90 Å². The molecule has 0 aromatic rings. The third-order valence-corrected chi connectivity index (χ3v) is 2.77. The molecule has 1 aliphatic carbocycles. The van der Waals surface area contributed by atoms with Crippen molar-refractivity contribution in [3.05, 3.63) is 23.9 Å². The highest BCUT2D eigenvalue weighted by atomic mass is 16.2. The molecule has 1 rings (SSSR count). The molecule has 2 heteroatoms. The quantitative estimate of drug-likeness (QED) is 0.665. The normalized spacial score (nSPS) is 15.9. The number of rotatable bonds is 4.